The fourth-order valence-electron chi connectivity index (χ4n) is 2.11. The Hall–Kier alpha value is -1.49. The van der Waals surface area contributed by atoms with Gasteiger partial charge in [0, 0.05) is 18.4 Å². The summed E-state index contributed by atoms with van der Waals surface area (Å²) in [5.41, 5.74) is 4.74. The molecule has 2 rings (SSSR count). The van der Waals surface area contributed by atoms with Crippen molar-refractivity contribution in [3.8, 4) is 0 Å². The summed E-state index contributed by atoms with van der Waals surface area (Å²) in [5.74, 6) is 5.18. The van der Waals surface area contributed by atoms with Crippen LogP contribution in [0.5, 0.6) is 0 Å². The highest BCUT2D eigenvalue weighted by atomic mass is 35.5. The van der Waals surface area contributed by atoms with Gasteiger partial charge in [0.05, 0.1) is 5.02 Å². The molecule has 1 aromatic heterocycles. The molecule has 0 bridgehead atoms. The smallest absolute Gasteiger partial charge is 0.142 e. The lowest BCUT2D eigenvalue weighted by Gasteiger charge is -2.16. The molecule has 106 valence electrons. The minimum absolute atomic E-state index is 0.0439. The van der Waals surface area contributed by atoms with Crippen LogP contribution in [0.4, 0.5) is 4.39 Å². The van der Waals surface area contributed by atoms with Crippen LogP contribution >= 0.6 is 11.6 Å². The lowest BCUT2D eigenvalue weighted by Crippen LogP contribution is -2.37. The molecule has 0 fully saturated rings. The molecule has 3 nitrogen and oxygen atoms in total. The predicted molar refractivity (Wildman–Crippen MR) is 78.8 cm³/mol. The van der Waals surface area contributed by atoms with E-state index in [1.807, 2.05) is 18.2 Å². The van der Waals surface area contributed by atoms with Crippen LogP contribution in [-0.4, -0.2) is 11.0 Å². The molecule has 0 amide bonds. The Morgan fingerprint density at radius 2 is 2.00 bits per heavy atom. The third-order valence-electron chi connectivity index (χ3n) is 3.26. The highest BCUT2D eigenvalue weighted by molar-refractivity contribution is 6.31. The summed E-state index contributed by atoms with van der Waals surface area (Å²) in [6.45, 7) is 0. The highest BCUT2D eigenvalue weighted by Crippen LogP contribution is 2.21. The first-order valence-corrected chi connectivity index (χ1v) is 6.86. The normalized spacial score (nSPS) is 12.3. The van der Waals surface area contributed by atoms with Crippen LogP contribution in [0.15, 0.2) is 42.7 Å². The van der Waals surface area contributed by atoms with E-state index >= 15 is 0 Å². The van der Waals surface area contributed by atoms with Gasteiger partial charge in [0.15, 0.2) is 0 Å². The van der Waals surface area contributed by atoms with E-state index in [0.29, 0.717) is 6.42 Å². The van der Waals surface area contributed by atoms with Crippen LogP contribution in [0.1, 0.15) is 17.5 Å². The lowest BCUT2D eigenvalue weighted by molar-refractivity contribution is 0.490. The number of nitrogens with zero attached hydrogens (tertiary/aromatic N) is 1. The molecule has 1 atom stereocenters. The number of hydrazine groups is 1. The van der Waals surface area contributed by atoms with Gasteiger partial charge < -0.3 is 0 Å². The second-order valence-corrected chi connectivity index (χ2v) is 5.05. The molecular weight excluding hydrogens is 277 g/mol. The summed E-state index contributed by atoms with van der Waals surface area (Å²) in [7, 11) is 0. The first-order chi connectivity index (χ1) is 9.70. The number of pyridine rings is 1. The fourth-order valence-corrected chi connectivity index (χ4v) is 2.31. The standard InChI is InChI=1S/C15H17ClFN3/c16-15-12(2-1-3-14(15)17)10-13(20-18)5-4-11-6-8-19-9-7-11/h1-3,6-9,13,20H,4-5,10,18H2. The van der Waals surface area contributed by atoms with Gasteiger partial charge in [0.25, 0.3) is 0 Å². The van der Waals surface area contributed by atoms with Crippen molar-refractivity contribution in [2.75, 3.05) is 0 Å². The van der Waals surface area contributed by atoms with Crippen LogP contribution in [-0.2, 0) is 12.8 Å². The Morgan fingerprint density at radius 1 is 1.25 bits per heavy atom. The van der Waals surface area contributed by atoms with E-state index in [9.17, 15) is 4.39 Å². The molecular formula is C15H17ClFN3. The molecule has 0 saturated heterocycles. The van der Waals surface area contributed by atoms with Gasteiger partial charge in [-0.1, -0.05) is 23.7 Å². The van der Waals surface area contributed by atoms with E-state index < -0.39 is 5.82 Å². The van der Waals surface area contributed by atoms with Crippen LogP contribution in [0.2, 0.25) is 5.02 Å². The maximum Gasteiger partial charge on any atom is 0.142 e. The number of benzene rings is 1. The maximum atomic E-state index is 13.4. The van der Waals surface area contributed by atoms with Gasteiger partial charge in [-0.3, -0.25) is 16.3 Å². The number of nitrogens with two attached hydrogens (primary N) is 1. The Kier molecular flexibility index (Phi) is 5.47. The number of aromatic nitrogens is 1. The molecule has 5 heteroatoms. The zero-order valence-electron chi connectivity index (χ0n) is 11.0. The molecule has 20 heavy (non-hydrogen) atoms. The van der Waals surface area contributed by atoms with E-state index in [0.717, 1.165) is 18.4 Å². The quantitative estimate of drug-likeness (QED) is 0.636. The minimum atomic E-state index is -0.394. The number of aryl methyl sites for hydroxylation is 1. The molecule has 0 saturated carbocycles. The van der Waals surface area contributed by atoms with Crippen molar-refractivity contribution < 1.29 is 4.39 Å². The molecule has 0 aliphatic heterocycles. The maximum absolute atomic E-state index is 13.4. The molecule has 1 heterocycles. The molecule has 1 unspecified atom stereocenters. The van der Waals surface area contributed by atoms with Crippen molar-refractivity contribution in [2.45, 2.75) is 25.3 Å². The third-order valence-corrected chi connectivity index (χ3v) is 3.69. The Labute approximate surface area is 122 Å². The van der Waals surface area contributed by atoms with E-state index in [1.165, 1.54) is 11.6 Å². The average Bonchev–Trinajstić information content (AvgIpc) is 2.49. The number of rotatable bonds is 6. The molecule has 0 radical (unpaired) electrons. The summed E-state index contributed by atoms with van der Waals surface area (Å²) in [5, 5.41) is 0.177. The topological polar surface area (TPSA) is 50.9 Å². The van der Waals surface area contributed by atoms with Gasteiger partial charge in [-0.15, -0.1) is 0 Å². The fraction of sp³-hybridized carbons (Fsp3) is 0.267. The largest absolute Gasteiger partial charge is 0.271 e. The van der Waals surface area contributed by atoms with E-state index in [-0.39, 0.29) is 11.1 Å². The summed E-state index contributed by atoms with van der Waals surface area (Å²) in [4.78, 5) is 3.98. The van der Waals surface area contributed by atoms with Gasteiger partial charge in [-0.2, -0.15) is 0 Å². The van der Waals surface area contributed by atoms with Crippen molar-refractivity contribution in [3.63, 3.8) is 0 Å². The summed E-state index contributed by atoms with van der Waals surface area (Å²) >= 11 is 5.96. The predicted octanol–water partition coefficient (Wildman–Crippen LogP) is 2.88. The minimum Gasteiger partial charge on any atom is -0.271 e. The SMILES string of the molecule is NNC(CCc1ccncc1)Cc1cccc(F)c1Cl. The van der Waals surface area contributed by atoms with Crippen molar-refractivity contribution in [1.29, 1.82) is 0 Å². The number of nitrogens with one attached hydrogen (secondary N) is 1. The van der Waals surface area contributed by atoms with Gasteiger partial charge in [-0.05, 0) is 48.6 Å². The average molecular weight is 294 g/mol. The van der Waals surface area contributed by atoms with E-state index in [1.54, 1.807) is 18.5 Å². The van der Waals surface area contributed by atoms with E-state index in [4.69, 9.17) is 17.4 Å². The zero-order chi connectivity index (χ0) is 14.4. The number of hydrogen-bond donors (Lipinski definition) is 2. The summed E-state index contributed by atoms with van der Waals surface area (Å²) < 4.78 is 13.4. The van der Waals surface area contributed by atoms with Gasteiger partial charge in [0.2, 0.25) is 0 Å². The van der Waals surface area contributed by atoms with Crippen LogP contribution in [0.25, 0.3) is 0 Å². The monoisotopic (exact) mass is 293 g/mol. The summed E-state index contributed by atoms with van der Waals surface area (Å²) in [6, 6.07) is 8.83. The number of hydrogen-bond acceptors (Lipinski definition) is 3. The van der Waals surface area contributed by atoms with Gasteiger partial charge >= 0.3 is 0 Å². The molecule has 0 spiro atoms. The number of halogens is 2. The van der Waals surface area contributed by atoms with Crippen LogP contribution < -0.4 is 11.3 Å². The molecule has 0 aliphatic rings. The first kappa shape index (κ1) is 14.9. The Bertz CT molecular complexity index is 548. The Morgan fingerprint density at radius 3 is 2.70 bits per heavy atom. The van der Waals surface area contributed by atoms with Crippen molar-refractivity contribution in [2.24, 2.45) is 5.84 Å². The first-order valence-electron chi connectivity index (χ1n) is 6.48. The second-order valence-electron chi connectivity index (χ2n) is 4.67. The molecule has 0 aliphatic carbocycles. The van der Waals surface area contributed by atoms with Crippen LogP contribution in [0, 0.1) is 5.82 Å². The van der Waals surface area contributed by atoms with Crippen molar-refractivity contribution in [3.05, 3.63) is 64.7 Å². The van der Waals surface area contributed by atoms with Gasteiger partial charge in [-0.25, -0.2) is 4.39 Å². The summed E-state index contributed by atoms with van der Waals surface area (Å²) in [6.07, 6.45) is 5.85. The van der Waals surface area contributed by atoms with Gasteiger partial charge in [0.1, 0.15) is 5.82 Å². The van der Waals surface area contributed by atoms with Crippen LogP contribution in [0.3, 0.4) is 0 Å². The third kappa shape index (κ3) is 4.00. The molecule has 1 aromatic carbocycles. The highest BCUT2D eigenvalue weighted by Gasteiger charge is 2.12. The molecule has 2 aromatic rings. The zero-order valence-corrected chi connectivity index (χ0v) is 11.8. The lowest BCUT2D eigenvalue weighted by atomic mass is 10.00. The van der Waals surface area contributed by atoms with E-state index in [2.05, 4.69) is 10.4 Å². The second kappa shape index (κ2) is 7.33. The van der Waals surface area contributed by atoms with Crippen molar-refractivity contribution in [1.82, 2.24) is 10.4 Å². The molecule has 3 N–H and O–H groups in total. The Balaban J connectivity index is 1.97. The van der Waals surface area contributed by atoms with Crippen molar-refractivity contribution >= 4 is 11.6 Å².